The second-order valence-electron chi connectivity index (χ2n) is 6.55. The molecule has 140 valence electrons. The van der Waals surface area contributed by atoms with Gasteiger partial charge in [0, 0.05) is 18.4 Å². The monoisotopic (exact) mass is 365 g/mol. The van der Waals surface area contributed by atoms with Crippen LogP contribution in [0.25, 0.3) is 11.0 Å². The van der Waals surface area contributed by atoms with Crippen LogP contribution in [-0.2, 0) is 6.54 Å². The first-order valence-electron chi connectivity index (χ1n) is 8.91. The van der Waals surface area contributed by atoms with Crippen LogP contribution in [0.1, 0.15) is 35.0 Å². The van der Waals surface area contributed by atoms with Crippen LogP contribution in [-0.4, -0.2) is 22.6 Å². The maximum absolute atomic E-state index is 12.9. The number of carbonyl (C=O) groups excluding carboxylic acids is 1. The van der Waals surface area contributed by atoms with Gasteiger partial charge in [0.2, 0.25) is 5.43 Å². The van der Waals surface area contributed by atoms with E-state index >= 15 is 0 Å². The van der Waals surface area contributed by atoms with Crippen molar-refractivity contribution in [1.82, 2.24) is 9.55 Å². The van der Waals surface area contributed by atoms with Gasteiger partial charge in [0.1, 0.15) is 17.0 Å². The highest BCUT2D eigenvalue weighted by molar-refractivity contribution is 6.06. The van der Waals surface area contributed by atoms with Crippen molar-refractivity contribution in [2.24, 2.45) is 0 Å². The van der Waals surface area contributed by atoms with Crippen LogP contribution in [0.3, 0.4) is 0 Å². The van der Waals surface area contributed by atoms with Gasteiger partial charge in [0.15, 0.2) is 0 Å². The lowest BCUT2D eigenvalue weighted by atomic mass is 10.1. The number of methoxy groups -OCH3 is 1. The van der Waals surface area contributed by atoms with Crippen LogP contribution in [0.4, 0.5) is 5.69 Å². The molecule has 0 saturated heterocycles. The summed E-state index contributed by atoms with van der Waals surface area (Å²) in [5, 5.41) is 3.25. The SMILES string of the molecule is CCCn1cc(C(=O)Nc2cc(C)ccc2OC)c(=O)c2ccc(C)nc21. The Kier molecular flexibility index (Phi) is 5.26. The maximum Gasteiger partial charge on any atom is 0.261 e. The summed E-state index contributed by atoms with van der Waals surface area (Å²) in [6.07, 6.45) is 2.46. The lowest BCUT2D eigenvalue weighted by molar-refractivity contribution is 0.102. The largest absolute Gasteiger partial charge is 0.495 e. The molecule has 6 heteroatoms. The molecule has 1 N–H and O–H groups in total. The summed E-state index contributed by atoms with van der Waals surface area (Å²) >= 11 is 0. The molecule has 0 aliphatic rings. The first-order valence-corrected chi connectivity index (χ1v) is 8.91. The number of pyridine rings is 2. The zero-order valence-corrected chi connectivity index (χ0v) is 16.0. The van der Waals surface area contributed by atoms with Crippen molar-refractivity contribution < 1.29 is 9.53 Å². The average Bonchev–Trinajstić information content (AvgIpc) is 2.64. The van der Waals surface area contributed by atoms with Gasteiger partial charge in [0.25, 0.3) is 5.91 Å². The zero-order valence-electron chi connectivity index (χ0n) is 16.0. The maximum atomic E-state index is 12.9. The van der Waals surface area contributed by atoms with E-state index in [4.69, 9.17) is 4.74 Å². The molecule has 1 amide bonds. The van der Waals surface area contributed by atoms with E-state index in [1.54, 1.807) is 31.5 Å². The molecule has 0 radical (unpaired) electrons. The van der Waals surface area contributed by atoms with Crippen molar-refractivity contribution >= 4 is 22.6 Å². The lowest BCUT2D eigenvalue weighted by Gasteiger charge is -2.14. The predicted octanol–water partition coefficient (Wildman–Crippen LogP) is 3.68. The minimum Gasteiger partial charge on any atom is -0.495 e. The van der Waals surface area contributed by atoms with Gasteiger partial charge in [-0.25, -0.2) is 4.98 Å². The van der Waals surface area contributed by atoms with Crippen LogP contribution in [0.5, 0.6) is 5.75 Å². The summed E-state index contributed by atoms with van der Waals surface area (Å²) in [7, 11) is 1.54. The van der Waals surface area contributed by atoms with E-state index in [0.29, 0.717) is 29.0 Å². The molecule has 0 aliphatic carbocycles. The molecule has 0 unspecified atom stereocenters. The number of ether oxygens (including phenoxy) is 1. The third-order valence-electron chi connectivity index (χ3n) is 4.37. The second-order valence-corrected chi connectivity index (χ2v) is 6.55. The number of nitrogens with zero attached hydrogens (tertiary/aromatic N) is 2. The summed E-state index contributed by atoms with van der Waals surface area (Å²) in [5.41, 5.74) is 2.71. The molecule has 3 rings (SSSR count). The normalized spacial score (nSPS) is 10.8. The number of nitrogens with one attached hydrogen (secondary N) is 1. The van der Waals surface area contributed by atoms with Gasteiger partial charge in [0.05, 0.1) is 18.2 Å². The Balaban J connectivity index is 2.10. The minimum absolute atomic E-state index is 0.0881. The fourth-order valence-corrected chi connectivity index (χ4v) is 3.04. The van der Waals surface area contributed by atoms with Gasteiger partial charge in [-0.2, -0.15) is 0 Å². The molecule has 0 aliphatic heterocycles. The smallest absolute Gasteiger partial charge is 0.261 e. The van der Waals surface area contributed by atoms with E-state index in [9.17, 15) is 9.59 Å². The topological polar surface area (TPSA) is 73.2 Å². The number of carbonyl (C=O) groups is 1. The number of rotatable bonds is 5. The van der Waals surface area contributed by atoms with E-state index in [1.807, 2.05) is 37.5 Å². The van der Waals surface area contributed by atoms with Crippen LogP contribution in [0.15, 0.2) is 41.3 Å². The Hall–Kier alpha value is -3.15. The molecule has 3 aromatic rings. The van der Waals surface area contributed by atoms with Crippen molar-refractivity contribution in [3.05, 3.63) is 63.6 Å². The number of aromatic nitrogens is 2. The lowest BCUT2D eigenvalue weighted by Crippen LogP contribution is -2.24. The summed E-state index contributed by atoms with van der Waals surface area (Å²) in [4.78, 5) is 30.3. The van der Waals surface area contributed by atoms with Gasteiger partial charge >= 0.3 is 0 Å². The number of aryl methyl sites for hydroxylation is 3. The fraction of sp³-hybridized carbons (Fsp3) is 0.286. The number of hydrogen-bond donors (Lipinski definition) is 1. The Morgan fingerprint density at radius 1 is 1.22 bits per heavy atom. The highest BCUT2D eigenvalue weighted by atomic mass is 16.5. The molecular weight excluding hydrogens is 342 g/mol. The first kappa shape index (κ1) is 18.6. The Morgan fingerprint density at radius 2 is 2.00 bits per heavy atom. The summed E-state index contributed by atoms with van der Waals surface area (Å²) in [6, 6.07) is 9.01. The Morgan fingerprint density at radius 3 is 2.70 bits per heavy atom. The third kappa shape index (κ3) is 3.69. The second kappa shape index (κ2) is 7.61. The Bertz CT molecular complexity index is 1070. The molecule has 6 nitrogen and oxygen atoms in total. The zero-order chi connectivity index (χ0) is 19.6. The van der Waals surface area contributed by atoms with E-state index in [1.165, 1.54) is 0 Å². The van der Waals surface area contributed by atoms with Crippen LogP contribution in [0, 0.1) is 13.8 Å². The highest BCUT2D eigenvalue weighted by Gasteiger charge is 2.18. The molecule has 0 atom stereocenters. The van der Waals surface area contributed by atoms with E-state index in [0.717, 1.165) is 17.7 Å². The van der Waals surface area contributed by atoms with Crippen molar-refractivity contribution in [1.29, 1.82) is 0 Å². The third-order valence-corrected chi connectivity index (χ3v) is 4.37. The van der Waals surface area contributed by atoms with Gasteiger partial charge < -0.3 is 14.6 Å². The molecule has 0 spiro atoms. The summed E-state index contributed by atoms with van der Waals surface area (Å²) in [6.45, 7) is 6.51. The van der Waals surface area contributed by atoms with Gasteiger partial charge in [-0.3, -0.25) is 9.59 Å². The molecular formula is C21H23N3O3. The first-order chi connectivity index (χ1) is 12.9. The average molecular weight is 365 g/mol. The van der Waals surface area contributed by atoms with Crippen molar-refractivity contribution in [2.45, 2.75) is 33.7 Å². The molecule has 0 saturated carbocycles. The molecule has 27 heavy (non-hydrogen) atoms. The minimum atomic E-state index is -0.462. The summed E-state index contributed by atoms with van der Waals surface area (Å²) in [5.74, 6) is 0.0807. The van der Waals surface area contributed by atoms with Gasteiger partial charge in [-0.1, -0.05) is 13.0 Å². The van der Waals surface area contributed by atoms with E-state index < -0.39 is 5.91 Å². The Labute approximate surface area is 157 Å². The molecule has 0 fully saturated rings. The number of benzene rings is 1. The molecule has 2 heterocycles. The van der Waals surface area contributed by atoms with Crippen molar-refractivity contribution in [2.75, 3.05) is 12.4 Å². The molecule has 2 aromatic heterocycles. The quantitative estimate of drug-likeness (QED) is 0.748. The highest BCUT2D eigenvalue weighted by Crippen LogP contribution is 2.25. The van der Waals surface area contributed by atoms with E-state index in [-0.39, 0.29) is 11.0 Å². The fourth-order valence-electron chi connectivity index (χ4n) is 3.04. The molecule has 0 bridgehead atoms. The summed E-state index contributed by atoms with van der Waals surface area (Å²) < 4.78 is 7.17. The van der Waals surface area contributed by atoms with Crippen molar-refractivity contribution in [3.8, 4) is 5.75 Å². The predicted molar refractivity (Wildman–Crippen MR) is 107 cm³/mol. The van der Waals surface area contributed by atoms with Crippen LogP contribution < -0.4 is 15.5 Å². The van der Waals surface area contributed by atoms with Gasteiger partial charge in [-0.05, 0) is 50.1 Å². The van der Waals surface area contributed by atoms with Gasteiger partial charge in [-0.15, -0.1) is 0 Å². The molecule has 1 aromatic carbocycles. The van der Waals surface area contributed by atoms with Crippen molar-refractivity contribution in [3.63, 3.8) is 0 Å². The van der Waals surface area contributed by atoms with E-state index in [2.05, 4.69) is 10.3 Å². The number of hydrogen-bond acceptors (Lipinski definition) is 4. The number of fused-ring (bicyclic) bond motifs is 1. The van der Waals surface area contributed by atoms with Crippen LogP contribution >= 0.6 is 0 Å². The number of amides is 1. The number of anilines is 1. The van der Waals surface area contributed by atoms with Crippen LogP contribution in [0.2, 0.25) is 0 Å². The standard InChI is InChI=1S/C21H23N3O3/c1-5-10-24-12-16(19(25)15-8-7-14(3)22-20(15)24)21(26)23-17-11-13(2)6-9-18(17)27-4/h6-9,11-12H,5,10H2,1-4H3,(H,23,26).